The highest BCUT2D eigenvalue weighted by Crippen LogP contribution is 2.16. The monoisotopic (exact) mass is 211 g/mol. The van der Waals surface area contributed by atoms with Gasteiger partial charge in [-0.15, -0.1) is 0 Å². The molecule has 74 valence electrons. The zero-order chi connectivity index (χ0) is 10.6. The normalized spacial score (nSPS) is 9.29. The molecule has 4 nitrogen and oxygen atoms in total. The molecule has 0 aromatic carbocycles. The van der Waals surface area contributed by atoms with Crippen LogP contribution in [-0.2, 0) is 0 Å². The van der Waals surface area contributed by atoms with E-state index in [0.717, 1.165) is 11.3 Å². The van der Waals surface area contributed by atoms with Gasteiger partial charge in [-0.05, 0) is 12.8 Å². The molecule has 0 unspecified atom stereocenters. The molecule has 0 saturated heterocycles. The third kappa shape index (κ3) is 2.55. The van der Waals surface area contributed by atoms with Crippen molar-refractivity contribution in [2.75, 3.05) is 6.61 Å². The van der Waals surface area contributed by atoms with Gasteiger partial charge in [0.15, 0.2) is 5.01 Å². The molecule has 0 spiro atoms. The number of aromatic nitrogens is 1. The molecule has 0 aliphatic heterocycles. The van der Waals surface area contributed by atoms with Gasteiger partial charge in [0.1, 0.15) is 4.88 Å². The van der Waals surface area contributed by atoms with E-state index in [1.54, 1.807) is 6.92 Å². The summed E-state index contributed by atoms with van der Waals surface area (Å²) in [5, 5.41) is 17.7. The summed E-state index contributed by atoms with van der Waals surface area (Å²) < 4.78 is 0. The van der Waals surface area contributed by atoms with E-state index in [1.165, 1.54) is 0 Å². The van der Waals surface area contributed by atoms with Crippen LogP contribution in [0.5, 0.6) is 0 Å². The van der Waals surface area contributed by atoms with Gasteiger partial charge >= 0.3 is 5.97 Å². The maximum absolute atomic E-state index is 10.6. The van der Waals surface area contributed by atoms with Crippen LogP contribution in [-0.4, -0.2) is 27.8 Å². The molecule has 0 aliphatic carbocycles. The molecule has 0 aliphatic rings. The van der Waals surface area contributed by atoms with Gasteiger partial charge in [-0.1, -0.05) is 17.3 Å². The van der Waals surface area contributed by atoms with Crippen molar-refractivity contribution in [3.8, 4) is 11.8 Å². The Morgan fingerprint density at radius 1 is 1.64 bits per heavy atom. The number of aryl methyl sites for hydroxylation is 1. The Balaban J connectivity index is 2.88. The van der Waals surface area contributed by atoms with Crippen molar-refractivity contribution in [1.29, 1.82) is 0 Å². The second kappa shape index (κ2) is 4.74. The fourth-order valence-electron chi connectivity index (χ4n) is 0.842. The predicted molar refractivity (Wildman–Crippen MR) is 52.4 cm³/mol. The Morgan fingerprint density at radius 3 is 2.86 bits per heavy atom. The predicted octanol–water partition coefficient (Wildman–Crippen LogP) is 0.884. The second-order valence-electron chi connectivity index (χ2n) is 2.51. The molecule has 1 aromatic rings. The molecule has 0 fully saturated rings. The third-order valence-corrected chi connectivity index (χ3v) is 2.48. The number of aliphatic hydroxyl groups excluding tert-OH is 1. The number of carboxylic acids is 1. The Hall–Kier alpha value is -1.38. The third-order valence-electron chi connectivity index (χ3n) is 1.42. The van der Waals surface area contributed by atoms with Crippen molar-refractivity contribution >= 4 is 17.3 Å². The van der Waals surface area contributed by atoms with E-state index < -0.39 is 5.97 Å². The summed E-state index contributed by atoms with van der Waals surface area (Å²) in [6, 6.07) is 0. The minimum Gasteiger partial charge on any atom is -0.477 e. The molecule has 14 heavy (non-hydrogen) atoms. The number of rotatable bonds is 2. The molecule has 1 heterocycles. The van der Waals surface area contributed by atoms with Crippen LogP contribution in [0.3, 0.4) is 0 Å². The molecule has 2 N–H and O–H groups in total. The average Bonchev–Trinajstić information content (AvgIpc) is 2.47. The zero-order valence-electron chi connectivity index (χ0n) is 7.57. The molecular formula is C9H9NO3S. The van der Waals surface area contributed by atoms with Crippen LogP contribution >= 0.6 is 11.3 Å². The van der Waals surface area contributed by atoms with Crippen LogP contribution in [0.4, 0.5) is 0 Å². The number of carbonyl (C=O) groups is 1. The van der Waals surface area contributed by atoms with Crippen molar-refractivity contribution in [2.45, 2.75) is 13.3 Å². The molecule has 0 radical (unpaired) electrons. The van der Waals surface area contributed by atoms with E-state index in [4.69, 9.17) is 10.2 Å². The SMILES string of the molecule is Cc1nc(C#CCCO)sc1C(=O)O. The fraction of sp³-hybridized carbons (Fsp3) is 0.333. The smallest absolute Gasteiger partial charge is 0.347 e. The highest BCUT2D eigenvalue weighted by Gasteiger charge is 2.12. The molecule has 5 heteroatoms. The highest BCUT2D eigenvalue weighted by molar-refractivity contribution is 7.14. The van der Waals surface area contributed by atoms with Gasteiger partial charge in [0.25, 0.3) is 0 Å². The van der Waals surface area contributed by atoms with Crippen molar-refractivity contribution < 1.29 is 15.0 Å². The lowest BCUT2D eigenvalue weighted by Gasteiger charge is -1.84. The van der Waals surface area contributed by atoms with Crippen LogP contribution in [0.15, 0.2) is 0 Å². The molecule has 0 atom stereocenters. The number of aromatic carboxylic acids is 1. The highest BCUT2D eigenvalue weighted by atomic mass is 32.1. The Morgan fingerprint density at radius 2 is 2.36 bits per heavy atom. The van der Waals surface area contributed by atoms with Gasteiger partial charge < -0.3 is 10.2 Å². The first-order valence-corrected chi connectivity index (χ1v) is 4.77. The molecule has 0 bridgehead atoms. The van der Waals surface area contributed by atoms with Crippen molar-refractivity contribution in [3.05, 3.63) is 15.6 Å². The lowest BCUT2D eigenvalue weighted by atomic mass is 10.4. The number of aliphatic hydroxyl groups is 1. The quantitative estimate of drug-likeness (QED) is 0.712. The van der Waals surface area contributed by atoms with E-state index in [-0.39, 0.29) is 11.5 Å². The number of carboxylic acid groups (broad SMARTS) is 1. The molecule has 0 amide bonds. The second-order valence-corrected chi connectivity index (χ2v) is 3.51. The summed E-state index contributed by atoms with van der Waals surface area (Å²) in [7, 11) is 0. The van der Waals surface area contributed by atoms with Crippen molar-refractivity contribution in [3.63, 3.8) is 0 Å². The summed E-state index contributed by atoms with van der Waals surface area (Å²) >= 11 is 1.05. The number of nitrogens with zero attached hydrogens (tertiary/aromatic N) is 1. The summed E-state index contributed by atoms with van der Waals surface area (Å²) in [6.07, 6.45) is 0.376. The zero-order valence-corrected chi connectivity index (χ0v) is 8.39. The standard InChI is InChI=1S/C9H9NO3S/c1-6-8(9(12)13)14-7(10-6)4-2-3-5-11/h11H,3,5H2,1H3,(H,12,13). The average molecular weight is 211 g/mol. The lowest BCUT2D eigenvalue weighted by Crippen LogP contribution is -1.94. The minimum atomic E-state index is -0.977. The van der Waals surface area contributed by atoms with E-state index in [2.05, 4.69) is 16.8 Å². The van der Waals surface area contributed by atoms with Crippen LogP contribution in [0, 0.1) is 18.8 Å². The first-order valence-electron chi connectivity index (χ1n) is 3.95. The number of hydrogen-bond donors (Lipinski definition) is 2. The van der Waals surface area contributed by atoms with Crippen molar-refractivity contribution in [2.24, 2.45) is 0 Å². The summed E-state index contributed by atoms with van der Waals surface area (Å²) in [6.45, 7) is 1.64. The molecule has 0 saturated carbocycles. The minimum absolute atomic E-state index is 0.00312. The van der Waals surface area contributed by atoms with Gasteiger partial charge in [-0.3, -0.25) is 0 Å². The summed E-state index contributed by atoms with van der Waals surface area (Å²) in [5.41, 5.74) is 0.482. The fourth-order valence-corrected chi connectivity index (χ4v) is 1.62. The number of thiazole rings is 1. The topological polar surface area (TPSA) is 70.4 Å². The van der Waals surface area contributed by atoms with Crippen LogP contribution in [0.1, 0.15) is 26.8 Å². The van der Waals surface area contributed by atoms with E-state index in [1.807, 2.05) is 0 Å². The first kappa shape index (κ1) is 10.7. The van der Waals surface area contributed by atoms with Gasteiger partial charge in [0, 0.05) is 6.42 Å². The molecular weight excluding hydrogens is 202 g/mol. The Kier molecular flexibility index (Phi) is 3.63. The van der Waals surface area contributed by atoms with Gasteiger partial charge in [-0.25, -0.2) is 9.78 Å². The van der Waals surface area contributed by atoms with Gasteiger partial charge in [0.05, 0.1) is 12.3 Å². The molecule has 1 aromatic heterocycles. The van der Waals surface area contributed by atoms with Crippen molar-refractivity contribution in [1.82, 2.24) is 4.98 Å². The van der Waals surface area contributed by atoms with Gasteiger partial charge in [0.2, 0.25) is 0 Å². The van der Waals surface area contributed by atoms with E-state index >= 15 is 0 Å². The maximum atomic E-state index is 10.6. The Labute approximate surface area is 85.2 Å². The first-order chi connectivity index (χ1) is 6.65. The Bertz CT molecular complexity index is 400. The summed E-state index contributed by atoms with van der Waals surface area (Å²) in [5.74, 6) is 4.40. The largest absolute Gasteiger partial charge is 0.477 e. The maximum Gasteiger partial charge on any atom is 0.347 e. The van der Waals surface area contributed by atoms with E-state index in [9.17, 15) is 4.79 Å². The van der Waals surface area contributed by atoms with E-state index in [0.29, 0.717) is 17.1 Å². The van der Waals surface area contributed by atoms with Crippen LogP contribution < -0.4 is 0 Å². The van der Waals surface area contributed by atoms with Gasteiger partial charge in [-0.2, -0.15) is 0 Å². The number of hydrogen-bond acceptors (Lipinski definition) is 4. The lowest BCUT2D eigenvalue weighted by molar-refractivity contribution is 0.0701. The van der Waals surface area contributed by atoms with Crippen LogP contribution in [0.2, 0.25) is 0 Å². The van der Waals surface area contributed by atoms with Crippen LogP contribution in [0.25, 0.3) is 0 Å². The molecule has 1 rings (SSSR count). The summed E-state index contributed by atoms with van der Waals surface area (Å²) in [4.78, 5) is 14.9.